The van der Waals surface area contributed by atoms with Gasteiger partial charge in [0.25, 0.3) is 0 Å². The van der Waals surface area contributed by atoms with Gasteiger partial charge in [0.1, 0.15) is 0 Å². The third kappa shape index (κ3) is 4.85. The predicted octanol–water partition coefficient (Wildman–Crippen LogP) is 7.03. The summed E-state index contributed by atoms with van der Waals surface area (Å²) in [5, 5.41) is 0. The van der Waals surface area contributed by atoms with Gasteiger partial charge in [0.2, 0.25) is 5.52 Å². The Morgan fingerprint density at radius 3 is 2.12 bits per heavy atom. The number of carbonyl (C=O) groups excluding carboxylic acids is 1. The molecule has 1 aliphatic rings. The van der Waals surface area contributed by atoms with Gasteiger partial charge >= 0.3 is 0 Å². The zero-order valence-electron chi connectivity index (χ0n) is 16.6. The molecule has 0 N–H and O–H groups in total. The van der Waals surface area contributed by atoms with E-state index in [1.165, 1.54) is 24.8 Å². The first-order valence-corrected chi connectivity index (χ1v) is 12.1. The van der Waals surface area contributed by atoms with Crippen molar-refractivity contribution in [2.24, 2.45) is 0 Å². The fourth-order valence-corrected chi connectivity index (χ4v) is 7.95. The lowest BCUT2D eigenvalue weighted by Crippen LogP contribution is -2.17. The fraction of sp³-hybridized carbons (Fsp3) is 0.682. The Hall–Kier alpha value is -0.880. The van der Waals surface area contributed by atoms with Crippen molar-refractivity contribution >= 4 is 12.7 Å². The number of carbonyl (C=O) groups is 1. The second-order valence-electron chi connectivity index (χ2n) is 7.95. The van der Waals surface area contributed by atoms with Crippen LogP contribution in [0.15, 0.2) is 12.1 Å². The van der Waals surface area contributed by atoms with Gasteiger partial charge in [-0.05, 0) is 51.2 Å². The average Bonchev–Trinajstić information content (AvgIpc) is 3.08. The Labute approximate surface area is 154 Å². The molecule has 1 aromatic carbocycles. The van der Waals surface area contributed by atoms with E-state index in [0.717, 1.165) is 55.2 Å². The lowest BCUT2D eigenvalue weighted by molar-refractivity contribution is 0.107. The van der Waals surface area contributed by atoms with E-state index in [-0.39, 0.29) is 11.2 Å². The van der Waals surface area contributed by atoms with E-state index in [4.69, 9.17) is 0 Å². The quantitative estimate of drug-likeness (QED) is 0.349. The summed E-state index contributed by atoms with van der Waals surface area (Å²) in [5.74, 6) is 0. The molecule has 1 aromatic rings. The van der Waals surface area contributed by atoms with Gasteiger partial charge in [-0.3, -0.25) is 4.79 Å². The monoisotopic (exact) mass is 362 g/mol. The van der Waals surface area contributed by atoms with E-state index in [1.807, 2.05) is 13.8 Å². The van der Waals surface area contributed by atoms with Crippen LogP contribution in [0.4, 0.5) is 0 Å². The molecule has 0 aliphatic heterocycles. The highest BCUT2D eigenvalue weighted by atomic mass is 31.2. The Kier molecular flexibility index (Phi) is 7.50. The van der Waals surface area contributed by atoms with E-state index >= 15 is 0 Å². The van der Waals surface area contributed by atoms with Crippen LogP contribution >= 0.6 is 7.14 Å². The van der Waals surface area contributed by atoms with Gasteiger partial charge in [0, 0.05) is 17.4 Å². The standard InChI is InChI=1S/C22H35O2P/c1-5-6-7-8-11-14-25(24,20-12-9-10-13-20)22(23)21-18(3)15-17(2)16-19(21)4/h15-16,20H,5-14H2,1-4H3. The molecule has 2 nitrogen and oxygen atoms in total. The molecular weight excluding hydrogens is 327 g/mol. The molecule has 1 saturated carbocycles. The summed E-state index contributed by atoms with van der Waals surface area (Å²) < 4.78 is 14.0. The number of benzene rings is 1. The molecular formula is C22H35O2P. The molecule has 0 bridgehead atoms. The first-order valence-electron chi connectivity index (χ1n) is 10.1. The summed E-state index contributed by atoms with van der Waals surface area (Å²) in [4.78, 5) is 13.5. The largest absolute Gasteiger partial charge is 0.315 e. The van der Waals surface area contributed by atoms with Gasteiger partial charge in [0.05, 0.1) is 0 Å². The van der Waals surface area contributed by atoms with Crippen LogP contribution in [-0.4, -0.2) is 17.3 Å². The zero-order valence-corrected chi connectivity index (χ0v) is 17.5. The molecule has 1 aliphatic carbocycles. The van der Waals surface area contributed by atoms with Crippen molar-refractivity contribution in [3.05, 3.63) is 34.4 Å². The Morgan fingerprint density at radius 2 is 1.56 bits per heavy atom. The molecule has 3 heteroatoms. The van der Waals surface area contributed by atoms with Gasteiger partial charge in [-0.1, -0.05) is 63.1 Å². The summed E-state index contributed by atoms with van der Waals surface area (Å²) in [6, 6.07) is 4.11. The molecule has 1 fully saturated rings. The second kappa shape index (κ2) is 9.17. The van der Waals surface area contributed by atoms with Crippen LogP contribution in [0.2, 0.25) is 0 Å². The molecule has 0 aromatic heterocycles. The van der Waals surface area contributed by atoms with E-state index < -0.39 is 7.14 Å². The molecule has 0 spiro atoms. The van der Waals surface area contributed by atoms with E-state index in [9.17, 15) is 9.36 Å². The molecule has 0 radical (unpaired) electrons. The first kappa shape index (κ1) is 20.4. The van der Waals surface area contributed by atoms with Crippen molar-refractivity contribution in [3.63, 3.8) is 0 Å². The second-order valence-corrected chi connectivity index (χ2v) is 11.1. The molecule has 0 saturated heterocycles. The number of aryl methyl sites for hydroxylation is 3. The fourth-order valence-electron chi connectivity index (χ4n) is 4.43. The summed E-state index contributed by atoms with van der Waals surface area (Å²) in [7, 11) is -2.84. The minimum Gasteiger partial charge on any atom is -0.315 e. The van der Waals surface area contributed by atoms with Gasteiger partial charge in [-0.25, -0.2) is 0 Å². The van der Waals surface area contributed by atoms with Crippen molar-refractivity contribution in [2.45, 2.75) is 91.1 Å². The van der Waals surface area contributed by atoms with Crippen molar-refractivity contribution < 1.29 is 9.36 Å². The van der Waals surface area contributed by atoms with E-state index in [0.29, 0.717) is 6.16 Å². The Bertz CT molecular complexity index is 618. The van der Waals surface area contributed by atoms with Gasteiger partial charge < -0.3 is 4.57 Å². The van der Waals surface area contributed by atoms with Crippen molar-refractivity contribution in [1.29, 1.82) is 0 Å². The first-order chi connectivity index (χ1) is 11.9. The van der Waals surface area contributed by atoms with Crippen LogP contribution in [0.5, 0.6) is 0 Å². The maximum Gasteiger partial charge on any atom is 0.222 e. The Morgan fingerprint density at radius 1 is 1.00 bits per heavy atom. The van der Waals surface area contributed by atoms with Gasteiger partial charge in [-0.2, -0.15) is 0 Å². The molecule has 1 atom stereocenters. The zero-order chi connectivity index (χ0) is 18.4. The number of rotatable bonds is 9. The van der Waals surface area contributed by atoms with Crippen LogP contribution in [0, 0.1) is 20.8 Å². The minimum atomic E-state index is -2.84. The summed E-state index contributed by atoms with van der Waals surface area (Å²) in [6.07, 6.45) is 10.5. The number of unbranched alkanes of at least 4 members (excludes halogenated alkanes) is 4. The van der Waals surface area contributed by atoms with Crippen LogP contribution in [0.3, 0.4) is 0 Å². The van der Waals surface area contributed by atoms with Crippen molar-refractivity contribution in [2.75, 3.05) is 6.16 Å². The average molecular weight is 362 g/mol. The third-order valence-corrected chi connectivity index (χ3v) is 9.33. The molecule has 0 amide bonds. The SMILES string of the molecule is CCCCCCCP(=O)(C(=O)c1c(C)cc(C)cc1C)C1CCCC1. The highest BCUT2D eigenvalue weighted by Gasteiger charge is 2.42. The van der Waals surface area contributed by atoms with Crippen LogP contribution < -0.4 is 0 Å². The number of hydrogen-bond acceptors (Lipinski definition) is 2. The highest BCUT2D eigenvalue weighted by molar-refractivity contribution is 7.81. The van der Waals surface area contributed by atoms with E-state index in [2.05, 4.69) is 26.0 Å². The van der Waals surface area contributed by atoms with E-state index in [1.54, 1.807) is 0 Å². The van der Waals surface area contributed by atoms with Gasteiger partial charge in [0.15, 0.2) is 7.14 Å². The topological polar surface area (TPSA) is 34.1 Å². The van der Waals surface area contributed by atoms with Crippen molar-refractivity contribution in [1.82, 2.24) is 0 Å². The maximum absolute atomic E-state index is 14.0. The van der Waals surface area contributed by atoms with Gasteiger partial charge in [-0.15, -0.1) is 0 Å². The summed E-state index contributed by atoms with van der Waals surface area (Å²) in [6.45, 7) is 8.25. The molecule has 1 unspecified atom stereocenters. The summed E-state index contributed by atoms with van der Waals surface area (Å²) in [5.41, 5.74) is 4.01. The maximum atomic E-state index is 14.0. The van der Waals surface area contributed by atoms with Crippen molar-refractivity contribution in [3.8, 4) is 0 Å². The minimum absolute atomic E-state index is 0.0232. The lowest BCUT2D eigenvalue weighted by Gasteiger charge is -2.25. The molecule has 25 heavy (non-hydrogen) atoms. The molecule has 0 heterocycles. The summed E-state index contributed by atoms with van der Waals surface area (Å²) >= 11 is 0. The molecule has 2 rings (SSSR count). The lowest BCUT2D eigenvalue weighted by atomic mass is 10.0. The highest BCUT2D eigenvalue weighted by Crippen LogP contribution is 2.59. The molecule has 140 valence electrons. The normalized spacial score (nSPS) is 17.6. The third-order valence-electron chi connectivity index (χ3n) is 5.74. The number of hydrogen-bond donors (Lipinski definition) is 0. The predicted molar refractivity (Wildman–Crippen MR) is 108 cm³/mol. The van der Waals surface area contributed by atoms with Crippen LogP contribution in [0.25, 0.3) is 0 Å². The van der Waals surface area contributed by atoms with Crippen LogP contribution in [0.1, 0.15) is 91.8 Å². The Balaban J connectivity index is 2.25. The van der Waals surface area contributed by atoms with Crippen LogP contribution in [-0.2, 0) is 4.57 Å². The smallest absolute Gasteiger partial charge is 0.222 e.